The lowest BCUT2D eigenvalue weighted by Crippen LogP contribution is -2.37. The van der Waals surface area contributed by atoms with Crippen LogP contribution in [0.3, 0.4) is 0 Å². The van der Waals surface area contributed by atoms with Gasteiger partial charge in [0.05, 0.1) is 25.0 Å². The summed E-state index contributed by atoms with van der Waals surface area (Å²) in [4.78, 5) is 0. The van der Waals surface area contributed by atoms with Gasteiger partial charge in [-0.15, -0.1) is 5.10 Å². The summed E-state index contributed by atoms with van der Waals surface area (Å²) < 4.78 is 25.1. The van der Waals surface area contributed by atoms with Gasteiger partial charge in [0.25, 0.3) is 0 Å². The third-order valence-electron chi connectivity index (χ3n) is 3.56. The minimum Gasteiger partial charge on any atom is -0.366 e. The largest absolute Gasteiger partial charge is 0.366 e. The second-order valence-corrected chi connectivity index (χ2v) is 5.33. The fraction of sp³-hybridized carbons (Fsp3) is 0.818. The van der Waals surface area contributed by atoms with Crippen molar-refractivity contribution in [1.29, 1.82) is 0 Å². The highest BCUT2D eigenvalue weighted by Gasteiger charge is 2.56. The third-order valence-corrected chi connectivity index (χ3v) is 3.56. The third kappa shape index (κ3) is 1.51. The lowest BCUT2D eigenvalue weighted by atomic mass is 10.1. The Balaban J connectivity index is 1.60. The molecule has 0 aromatic carbocycles. The van der Waals surface area contributed by atoms with Gasteiger partial charge in [0.2, 0.25) is 0 Å². The van der Waals surface area contributed by atoms with Crippen LogP contribution in [0, 0.1) is 0 Å². The number of ether oxygens (including phenoxy) is 4. The predicted molar refractivity (Wildman–Crippen MR) is 57.3 cm³/mol. The lowest BCUT2D eigenvalue weighted by molar-refractivity contribution is -0.219. The molecule has 2 saturated heterocycles. The van der Waals surface area contributed by atoms with Crippen molar-refractivity contribution in [3.8, 4) is 0 Å². The molecule has 0 bridgehead atoms. The van der Waals surface area contributed by atoms with Gasteiger partial charge in [-0.25, -0.2) is 4.68 Å². The number of rotatable bonds is 0. The molecule has 0 aliphatic carbocycles. The first-order valence-electron chi connectivity index (χ1n) is 6.12. The van der Waals surface area contributed by atoms with E-state index >= 15 is 0 Å². The second kappa shape index (κ2) is 3.51. The molecule has 0 N–H and O–H groups in total. The Morgan fingerprint density at radius 2 is 2.22 bits per heavy atom. The van der Waals surface area contributed by atoms with E-state index in [0.29, 0.717) is 13.2 Å². The molecule has 0 radical (unpaired) electrons. The van der Waals surface area contributed by atoms with Gasteiger partial charge in [0, 0.05) is 0 Å². The molecule has 4 heterocycles. The molecule has 4 unspecified atom stereocenters. The molecule has 0 spiro atoms. The van der Waals surface area contributed by atoms with E-state index in [1.807, 2.05) is 18.5 Å². The highest BCUT2D eigenvalue weighted by atomic mass is 16.8. The van der Waals surface area contributed by atoms with Crippen LogP contribution < -0.4 is 0 Å². The van der Waals surface area contributed by atoms with Crippen molar-refractivity contribution in [2.45, 2.75) is 57.4 Å². The molecule has 4 atom stereocenters. The molecule has 0 amide bonds. The van der Waals surface area contributed by atoms with Crippen LogP contribution in [-0.2, 0) is 32.1 Å². The first kappa shape index (κ1) is 10.9. The minimum absolute atomic E-state index is 0.0981. The minimum atomic E-state index is -0.606. The molecule has 1 aromatic rings. The summed E-state index contributed by atoms with van der Waals surface area (Å²) in [5, 5.41) is 7.89. The standard InChI is InChI=1S/C11H15N3O4/c1-11(2)17-9-8-7(16-10(9)18-11)4-14-6(5-15-8)3-12-13-14/h3,7-10H,4-5H2,1-2H3. The molecule has 98 valence electrons. The molecule has 7 heteroatoms. The van der Waals surface area contributed by atoms with E-state index in [-0.39, 0.29) is 24.6 Å². The van der Waals surface area contributed by atoms with E-state index in [0.717, 1.165) is 5.69 Å². The summed E-state index contributed by atoms with van der Waals surface area (Å²) in [6, 6.07) is 0. The molecule has 4 rings (SSSR count). The van der Waals surface area contributed by atoms with Crippen LogP contribution >= 0.6 is 0 Å². The van der Waals surface area contributed by atoms with Gasteiger partial charge >= 0.3 is 0 Å². The molecule has 2 fully saturated rings. The molecule has 7 nitrogen and oxygen atoms in total. The van der Waals surface area contributed by atoms with E-state index in [9.17, 15) is 0 Å². The van der Waals surface area contributed by atoms with E-state index in [2.05, 4.69) is 10.3 Å². The lowest BCUT2D eigenvalue weighted by Gasteiger charge is -2.23. The summed E-state index contributed by atoms with van der Waals surface area (Å²) in [5.74, 6) is -0.606. The fourth-order valence-electron chi connectivity index (χ4n) is 2.79. The Morgan fingerprint density at radius 3 is 3.11 bits per heavy atom. The monoisotopic (exact) mass is 253 g/mol. The van der Waals surface area contributed by atoms with Gasteiger partial charge in [0.1, 0.15) is 18.3 Å². The molecular formula is C11H15N3O4. The number of nitrogens with zero attached hydrogens (tertiary/aromatic N) is 3. The summed E-state index contributed by atoms with van der Waals surface area (Å²) in [5.41, 5.74) is 0.961. The number of aromatic nitrogens is 3. The number of fused-ring (bicyclic) bond motifs is 4. The maximum absolute atomic E-state index is 5.89. The van der Waals surface area contributed by atoms with Crippen molar-refractivity contribution < 1.29 is 18.9 Å². The van der Waals surface area contributed by atoms with Gasteiger partial charge in [-0.3, -0.25) is 0 Å². The van der Waals surface area contributed by atoms with Crippen LogP contribution in [0.1, 0.15) is 19.5 Å². The average Bonchev–Trinajstić information content (AvgIpc) is 2.88. The molecule has 18 heavy (non-hydrogen) atoms. The molecule has 1 aromatic heterocycles. The van der Waals surface area contributed by atoms with Crippen molar-refractivity contribution in [1.82, 2.24) is 15.0 Å². The van der Waals surface area contributed by atoms with Crippen LogP contribution in [0.5, 0.6) is 0 Å². The zero-order valence-electron chi connectivity index (χ0n) is 10.3. The summed E-state index contributed by atoms with van der Waals surface area (Å²) in [7, 11) is 0. The normalized spacial score (nSPS) is 41.0. The Labute approximate surface area is 104 Å². The second-order valence-electron chi connectivity index (χ2n) is 5.33. The Kier molecular flexibility index (Phi) is 2.12. The van der Waals surface area contributed by atoms with Crippen LogP contribution in [0.15, 0.2) is 6.20 Å². The molecule has 3 aliphatic heterocycles. The first-order chi connectivity index (χ1) is 8.62. The predicted octanol–water partition coefficient (Wildman–Crippen LogP) is 0.0533. The number of hydrogen-bond donors (Lipinski definition) is 0. The van der Waals surface area contributed by atoms with Crippen molar-refractivity contribution in [3.05, 3.63) is 11.9 Å². The van der Waals surface area contributed by atoms with Crippen molar-refractivity contribution >= 4 is 0 Å². The van der Waals surface area contributed by atoms with Gasteiger partial charge < -0.3 is 18.9 Å². The van der Waals surface area contributed by atoms with Crippen molar-refractivity contribution in [2.24, 2.45) is 0 Å². The van der Waals surface area contributed by atoms with Crippen LogP contribution in [0.25, 0.3) is 0 Å². The topological polar surface area (TPSA) is 67.6 Å². The molecule has 0 saturated carbocycles. The van der Waals surface area contributed by atoms with Crippen LogP contribution in [-0.4, -0.2) is 45.4 Å². The van der Waals surface area contributed by atoms with Crippen LogP contribution in [0.2, 0.25) is 0 Å². The van der Waals surface area contributed by atoms with Gasteiger partial charge in [0.15, 0.2) is 12.1 Å². The first-order valence-corrected chi connectivity index (χ1v) is 6.12. The quantitative estimate of drug-likeness (QED) is 0.651. The highest BCUT2D eigenvalue weighted by Crippen LogP contribution is 2.40. The van der Waals surface area contributed by atoms with E-state index in [4.69, 9.17) is 18.9 Å². The van der Waals surface area contributed by atoms with E-state index < -0.39 is 5.79 Å². The van der Waals surface area contributed by atoms with Gasteiger partial charge in [-0.2, -0.15) is 0 Å². The van der Waals surface area contributed by atoms with Crippen molar-refractivity contribution in [3.63, 3.8) is 0 Å². The smallest absolute Gasteiger partial charge is 0.190 e. The van der Waals surface area contributed by atoms with Crippen molar-refractivity contribution in [2.75, 3.05) is 0 Å². The molecule has 3 aliphatic rings. The zero-order chi connectivity index (χ0) is 12.3. The zero-order valence-corrected chi connectivity index (χ0v) is 10.3. The van der Waals surface area contributed by atoms with Gasteiger partial charge in [-0.1, -0.05) is 5.21 Å². The van der Waals surface area contributed by atoms with E-state index in [1.165, 1.54) is 0 Å². The Bertz CT molecular complexity index is 475. The Morgan fingerprint density at radius 1 is 1.33 bits per heavy atom. The fourth-order valence-corrected chi connectivity index (χ4v) is 2.79. The Hall–Kier alpha value is -1.02. The number of hydrogen-bond acceptors (Lipinski definition) is 6. The molecular weight excluding hydrogens is 238 g/mol. The van der Waals surface area contributed by atoms with Gasteiger partial charge in [-0.05, 0) is 13.8 Å². The summed E-state index contributed by atoms with van der Waals surface area (Å²) in [6.45, 7) is 4.87. The maximum Gasteiger partial charge on any atom is 0.190 e. The summed E-state index contributed by atoms with van der Waals surface area (Å²) in [6.07, 6.45) is 0.995. The SMILES string of the molecule is CC1(C)OC2OC3Cn4nncc4COC3C2O1. The van der Waals surface area contributed by atoms with E-state index in [1.54, 1.807) is 6.20 Å². The van der Waals surface area contributed by atoms with Crippen LogP contribution in [0.4, 0.5) is 0 Å². The average molecular weight is 253 g/mol. The highest BCUT2D eigenvalue weighted by molar-refractivity contribution is 5.00. The maximum atomic E-state index is 5.89. The summed E-state index contributed by atoms with van der Waals surface area (Å²) >= 11 is 0.